The fraction of sp³-hybridized carbons (Fsp3) is 0.235. The summed E-state index contributed by atoms with van der Waals surface area (Å²) < 4.78 is 0. The Balaban J connectivity index is 1.91. The van der Waals surface area contributed by atoms with Gasteiger partial charge in [-0.2, -0.15) is 4.98 Å². The third-order valence-corrected chi connectivity index (χ3v) is 3.51. The van der Waals surface area contributed by atoms with Crippen molar-refractivity contribution in [3.05, 3.63) is 52.9 Å². The van der Waals surface area contributed by atoms with Crippen LogP contribution in [0.5, 0.6) is 0 Å². The van der Waals surface area contributed by atoms with Crippen molar-refractivity contribution in [1.29, 1.82) is 0 Å². The quantitative estimate of drug-likeness (QED) is 0.753. The van der Waals surface area contributed by atoms with Crippen molar-refractivity contribution >= 4 is 16.9 Å². The standard InChI is InChI=1S/C17H19N5O/c1-22(2)9-8-19-17-20-15(11-16(23)21-17)13-5-6-14-12(10-13)4-3-7-18-14/h3-7,10-11H,8-9H2,1-2H3,(H2,19,20,21,23). The highest BCUT2D eigenvalue weighted by molar-refractivity contribution is 5.83. The number of nitrogens with zero attached hydrogens (tertiary/aromatic N) is 3. The molecule has 0 amide bonds. The molecule has 0 aliphatic heterocycles. The first kappa shape index (κ1) is 15.2. The minimum absolute atomic E-state index is 0.266. The van der Waals surface area contributed by atoms with Gasteiger partial charge in [0.25, 0.3) is 5.56 Å². The summed E-state index contributed by atoms with van der Waals surface area (Å²) >= 11 is 0. The summed E-state index contributed by atoms with van der Waals surface area (Å²) in [6.07, 6.45) is 1.77. The molecule has 0 unspecified atom stereocenters. The number of H-pyrrole nitrogens is 1. The van der Waals surface area contributed by atoms with Crippen LogP contribution < -0.4 is 10.9 Å². The van der Waals surface area contributed by atoms with E-state index in [2.05, 4.69) is 25.2 Å². The van der Waals surface area contributed by atoms with Gasteiger partial charge in [-0.05, 0) is 37.9 Å². The SMILES string of the molecule is CN(C)CCNc1nc(=O)cc(-c2ccc3ncccc3c2)[nH]1. The Morgan fingerprint density at radius 2 is 2.09 bits per heavy atom. The van der Waals surface area contributed by atoms with Crippen molar-refractivity contribution < 1.29 is 0 Å². The third-order valence-electron chi connectivity index (χ3n) is 3.51. The molecule has 0 radical (unpaired) electrons. The fourth-order valence-corrected chi connectivity index (χ4v) is 2.34. The molecule has 1 aromatic carbocycles. The zero-order chi connectivity index (χ0) is 16.2. The van der Waals surface area contributed by atoms with Crippen molar-refractivity contribution in [2.75, 3.05) is 32.5 Å². The van der Waals surface area contributed by atoms with E-state index in [-0.39, 0.29) is 5.56 Å². The van der Waals surface area contributed by atoms with E-state index in [1.807, 2.05) is 44.4 Å². The van der Waals surface area contributed by atoms with Gasteiger partial charge in [-0.1, -0.05) is 12.1 Å². The van der Waals surface area contributed by atoms with Crippen LogP contribution in [0.15, 0.2) is 47.4 Å². The molecule has 6 nitrogen and oxygen atoms in total. The molecule has 0 fully saturated rings. The Morgan fingerprint density at radius 3 is 2.91 bits per heavy atom. The van der Waals surface area contributed by atoms with Gasteiger partial charge in [-0.15, -0.1) is 0 Å². The molecular weight excluding hydrogens is 290 g/mol. The Labute approximate surface area is 134 Å². The molecule has 3 aromatic rings. The number of hydrogen-bond acceptors (Lipinski definition) is 5. The highest BCUT2D eigenvalue weighted by Gasteiger charge is 2.05. The summed E-state index contributed by atoms with van der Waals surface area (Å²) in [4.78, 5) is 25.4. The normalized spacial score (nSPS) is 11.1. The lowest BCUT2D eigenvalue weighted by Gasteiger charge is -2.11. The molecule has 0 aliphatic carbocycles. The van der Waals surface area contributed by atoms with E-state index in [0.717, 1.165) is 28.7 Å². The summed E-state index contributed by atoms with van der Waals surface area (Å²) in [5.74, 6) is 0.487. The molecule has 0 saturated carbocycles. The second kappa shape index (κ2) is 6.58. The van der Waals surface area contributed by atoms with Gasteiger partial charge in [-0.3, -0.25) is 9.78 Å². The second-order valence-electron chi connectivity index (χ2n) is 5.62. The van der Waals surface area contributed by atoms with E-state index >= 15 is 0 Å². The topological polar surface area (TPSA) is 73.9 Å². The zero-order valence-corrected chi connectivity index (χ0v) is 13.2. The number of rotatable bonds is 5. The van der Waals surface area contributed by atoms with Crippen LogP contribution in [-0.2, 0) is 0 Å². The lowest BCUT2D eigenvalue weighted by molar-refractivity contribution is 0.425. The number of hydrogen-bond donors (Lipinski definition) is 2. The van der Waals surface area contributed by atoms with Gasteiger partial charge in [-0.25, -0.2) is 0 Å². The van der Waals surface area contributed by atoms with Crippen LogP contribution in [0.1, 0.15) is 0 Å². The summed E-state index contributed by atoms with van der Waals surface area (Å²) in [6, 6.07) is 11.3. The Morgan fingerprint density at radius 1 is 1.22 bits per heavy atom. The smallest absolute Gasteiger partial charge is 0.275 e. The van der Waals surface area contributed by atoms with E-state index in [4.69, 9.17) is 0 Å². The number of pyridine rings is 1. The van der Waals surface area contributed by atoms with Gasteiger partial charge in [0.15, 0.2) is 0 Å². The molecule has 2 heterocycles. The van der Waals surface area contributed by atoms with E-state index in [0.29, 0.717) is 12.5 Å². The Kier molecular flexibility index (Phi) is 4.34. The molecule has 0 bridgehead atoms. The van der Waals surface area contributed by atoms with Crippen LogP contribution >= 0.6 is 0 Å². The predicted molar refractivity (Wildman–Crippen MR) is 92.6 cm³/mol. The van der Waals surface area contributed by atoms with Crippen molar-refractivity contribution in [3.8, 4) is 11.3 Å². The molecule has 0 atom stereocenters. The van der Waals surface area contributed by atoms with Crippen molar-refractivity contribution in [2.45, 2.75) is 0 Å². The third kappa shape index (κ3) is 3.73. The highest BCUT2D eigenvalue weighted by atomic mass is 16.1. The zero-order valence-electron chi connectivity index (χ0n) is 13.2. The first-order chi connectivity index (χ1) is 11.1. The maximum Gasteiger partial charge on any atom is 0.275 e. The van der Waals surface area contributed by atoms with Gasteiger partial charge in [0.2, 0.25) is 5.95 Å². The van der Waals surface area contributed by atoms with Crippen LogP contribution in [0.2, 0.25) is 0 Å². The molecule has 118 valence electrons. The van der Waals surface area contributed by atoms with Gasteiger partial charge in [0.1, 0.15) is 0 Å². The predicted octanol–water partition coefficient (Wildman–Crippen LogP) is 1.96. The minimum Gasteiger partial charge on any atom is -0.354 e. The second-order valence-corrected chi connectivity index (χ2v) is 5.62. The lowest BCUT2D eigenvalue weighted by atomic mass is 10.1. The van der Waals surface area contributed by atoms with Crippen molar-refractivity contribution in [1.82, 2.24) is 19.9 Å². The van der Waals surface area contributed by atoms with Crippen molar-refractivity contribution in [3.63, 3.8) is 0 Å². The highest BCUT2D eigenvalue weighted by Crippen LogP contribution is 2.21. The maximum atomic E-state index is 11.9. The monoisotopic (exact) mass is 309 g/mol. The number of fused-ring (bicyclic) bond motifs is 1. The van der Waals surface area contributed by atoms with E-state index < -0.39 is 0 Å². The molecule has 0 spiro atoms. The molecule has 3 rings (SSSR count). The number of likely N-dealkylation sites (N-methyl/N-ethyl adjacent to an activating group) is 1. The van der Waals surface area contributed by atoms with E-state index in [1.165, 1.54) is 6.07 Å². The number of benzene rings is 1. The fourth-order valence-electron chi connectivity index (χ4n) is 2.34. The maximum absolute atomic E-state index is 11.9. The average Bonchev–Trinajstić information content (AvgIpc) is 2.53. The molecule has 0 saturated heterocycles. The van der Waals surface area contributed by atoms with Crippen LogP contribution in [0.3, 0.4) is 0 Å². The van der Waals surface area contributed by atoms with Crippen molar-refractivity contribution in [2.24, 2.45) is 0 Å². The van der Waals surface area contributed by atoms with Gasteiger partial charge >= 0.3 is 0 Å². The van der Waals surface area contributed by atoms with Crippen LogP contribution in [0, 0.1) is 0 Å². The molecule has 2 aromatic heterocycles. The minimum atomic E-state index is -0.266. The summed E-state index contributed by atoms with van der Waals surface area (Å²) in [5, 5.41) is 4.18. The summed E-state index contributed by atoms with van der Waals surface area (Å²) in [7, 11) is 3.99. The van der Waals surface area contributed by atoms with Gasteiger partial charge in [0, 0.05) is 30.7 Å². The lowest BCUT2D eigenvalue weighted by Crippen LogP contribution is -2.22. The van der Waals surface area contributed by atoms with Gasteiger partial charge < -0.3 is 15.2 Å². The van der Waals surface area contributed by atoms with Crippen LogP contribution in [0.25, 0.3) is 22.2 Å². The van der Waals surface area contributed by atoms with Crippen LogP contribution in [-0.4, -0.2) is 47.0 Å². The number of nitrogens with one attached hydrogen (secondary N) is 2. The Hall–Kier alpha value is -2.73. The molecule has 2 N–H and O–H groups in total. The molecule has 0 aliphatic rings. The largest absolute Gasteiger partial charge is 0.354 e. The van der Waals surface area contributed by atoms with E-state index in [9.17, 15) is 4.79 Å². The summed E-state index contributed by atoms with van der Waals surface area (Å²) in [5.41, 5.74) is 2.33. The van der Waals surface area contributed by atoms with E-state index in [1.54, 1.807) is 6.20 Å². The molecule has 23 heavy (non-hydrogen) atoms. The van der Waals surface area contributed by atoms with Gasteiger partial charge in [0.05, 0.1) is 11.2 Å². The first-order valence-corrected chi connectivity index (χ1v) is 7.47. The number of aromatic nitrogens is 3. The van der Waals surface area contributed by atoms with Crippen LogP contribution in [0.4, 0.5) is 5.95 Å². The molecular formula is C17H19N5O. The number of anilines is 1. The summed E-state index contributed by atoms with van der Waals surface area (Å²) in [6.45, 7) is 1.57. The first-order valence-electron chi connectivity index (χ1n) is 7.47. The Bertz CT molecular complexity index is 872. The number of aromatic amines is 1. The molecule has 6 heteroatoms. The average molecular weight is 309 g/mol.